The number of hydrogen-bond acceptors (Lipinski definition) is 3. The van der Waals surface area contributed by atoms with E-state index in [1.165, 1.54) is 30.4 Å². The number of guanidine groups is 1. The highest BCUT2D eigenvalue weighted by Crippen LogP contribution is 2.34. The average molecular weight is 497 g/mol. The summed E-state index contributed by atoms with van der Waals surface area (Å²) in [5.41, 5.74) is 3.09. The third-order valence-corrected chi connectivity index (χ3v) is 6.89. The molecule has 1 saturated carbocycles. The molecule has 28 heavy (non-hydrogen) atoms. The van der Waals surface area contributed by atoms with Crippen LogP contribution in [0.5, 0.6) is 0 Å². The molecule has 3 aliphatic rings. The van der Waals surface area contributed by atoms with Crippen molar-refractivity contribution in [3.63, 3.8) is 0 Å². The fourth-order valence-corrected chi connectivity index (χ4v) is 4.99. The minimum absolute atomic E-state index is 0. The van der Waals surface area contributed by atoms with E-state index in [-0.39, 0.29) is 29.5 Å². The zero-order valence-corrected chi connectivity index (χ0v) is 20.1. The van der Waals surface area contributed by atoms with Gasteiger partial charge in [-0.15, -0.1) is 24.0 Å². The number of halogens is 1. The van der Waals surface area contributed by atoms with E-state index in [9.17, 15) is 0 Å². The molecule has 5 nitrogen and oxygen atoms in total. The molecular weight excluding hydrogens is 461 g/mol. The molecule has 2 fully saturated rings. The fourth-order valence-electron chi connectivity index (χ4n) is 4.99. The Kier molecular flexibility index (Phi) is 6.92. The van der Waals surface area contributed by atoms with E-state index in [1.807, 2.05) is 7.05 Å². The highest BCUT2D eigenvalue weighted by molar-refractivity contribution is 14.0. The molecule has 156 valence electrons. The number of nitrogens with zero attached hydrogens (tertiary/aromatic N) is 3. The highest BCUT2D eigenvalue weighted by Gasteiger charge is 2.40. The van der Waals surface area contributed by atoms with Crippen LogP contribution in [0.1, 0.15) is 37.3 Å². The molecule has 1 heterocycles. The Balaban J connectivity index is 0.00000225. The number of aliphatic imine (C=N–C) groups is 1. The molecule has 2 aliphatic carbocycles. The van der Waals surface area contributed by atoms with Crippen LogP contribution < -0.4 is 10.6 Å². The maximum Gasteiger partial charge on any atom is 0.191 e. The lowest BCUT2D eigenvalue weighted by atomic mass is 9.94. The van der Waals surface area contributed by atoms with E-state index in [0.29, 0.717) is 12.1 Å². The van der Waals surface area contributed by atoms with Gasteiger partial charge in [0.05, 0.1) is 0 Å². The predicted octanol–water partition coefficient (Wildman–Crippen LogP) is 2.49. The van der Waals surface area contributed by atoms with Crippen LogP contribution in [0, 0.1) is 0 Å². The highest BCUT2D eigenvalue weighted by atomic mass is 127. The number of likely N-dealkylation sites (N-methyl/N-ethyl adjacent to an activating group) is 1. The number of rotatable bonds is 5. The number of benzene rings is 1. The van der Waals surface area contributed by atoms with Crippen molar-refractivity contribution < 1.29 is 0 Å². The van der Waals surface area contributed by atoms with Crippen LogP contribution >= 0.6 is 24.0 Å². The van der Waals surface area contributed by atoms with Gasteiger partial charge in [0.25, 0.3) is 0 Å². The van der Waals surface area contributed by atoms with Crippen LogP contribution in [-0.4, -0.2) is 73.7 Å². The van der Waals surface area contributed by atoms with Crippen molar-refractivity contribution >= 4 is 29.9 Å². The first-order chi connectivity index (χ1) is 13.0. The van der Waals surface area contributed by atoms with Gasteiger partial charge in [-0.05, 0) is 64.3 Å². The molecule has 0 spiro atoms. The molecule has 0 radical (unpaired) electrons. The predicted molar refractivity (Wildman–Crippen MR) is 128 cm³/mol. The Bertz CT molecular complexity index is 675. The van der Waals surface area contributed by atoms with Crippen LogP contribution in [0.4, 0.5) is 0 Å². The molecule has 1 saturated heterocycles. The van der Waals surface area contributed by atoms with Gasteiger partial charge in [-0.3, -0.25) is 9.89 Å². The molecule has 1 aliphatic heterocycles. The summed E-state index contributed by atoms with van der Waals surface area (Å²) in [5.74, 6) is 0.946. The van der Waals surface area contributed by atoms with Crippen molar-refractivity contribution in [2.75, 3.05) is 34.2 Å². The first kappa shape index (κ1) is 21.8. The molecule has 0 amide bonds. The summed E-state index contributed by atoms with van der Waals surface area (Å²) in [6.07, 6.45) is 6.17. The minimum atomic E-state index is 0. The standard InChI is InChI=1S/C22H35N5.HI/c1-16-11-19(14-27(16)20-9-10-20)25-21(23-2)24-15-22(26(3)4)12-17-7-5-6-8-18(17)13-22;/h5-8,16,19-20H,9-15H2,1-4H3,(H2,23,24,25);1H. The van der Waals surface area contributed by atoms with Gasteiger partial charge in [-0.2, -0.15) is 0 Å². The van der Waals surface area contributed by atoms with Gasteiger partial charge in [-0.1, -0.05) is 24.3 Å². The fraction of sp³-hybridized carbons (Fsp3) is 0.682. The molecule has 0 aromatic heterocycles. The van der Waals surface area contributed by atoms with Crippen molar-refractivity contribution in [1.29, 1.82) is 0 Å². The van der Waals surface area contributed by atoms with Gasteiger partial charge >= 0.3 is 0 Å². The zero-order valence-electron chi connectivity index (χ0n) is 17.7. The van der Waals surface area contributed by atoms with Crippen LogP contribution in [0.2, 0.25) is 0 Å². The van der Waals surface area contributed by atoms with E-state index in [1.54, 1.807) is 0 Å². The Morgan fingerprint density at radius 1 is 1.21 bits per heavy atom. The Labute approximate surface area is 187 Å². The molecule has 6 heteroatoms. The van der Waals surface area contributed by atoms with E-state index in [2.05, 4.69) is 70.7 Å². The van der Waals surface area contributed by atoms with Crippen LogP contribution in [0.25, 0.3) is 0 Å². The summed E-state index contributed by atoms with van der Waals surface area (Å²) >= 11 is 0. The second-order valence-corrected chi connectivity index (χ2v) is 9.02. The summed E-state index contributed by atoms with van der Waals surface area (Å²) in [6, 6.07) is 10.9. The summed E-state index contributed by atoms with van der Waals surface area (Å²) in [6.45, 7) is 4.42. The summed E-state index contributed by atoms with van der Waals surface area (Å²) < 4.78 is 0. The smallest absolute Gasteiger partial charge is 0.191 e. The molecule has 1 aromatic carbocycles. The first-order valence-electron chi connectivity index (χ1n) is 10.5. The van der Waals surface area contributed by atoms with Crippen LogP contribution in [0.3, 0.4) is 0 Å². The van der Waals surface area contributed by atoms with E-state index in [4.69, 9.17) is 0 Å². The molecule has 2 unspecified atom stereocenters. The van der Waals surface area contributed by atoms with Crippen LogP contribution in [0.15, 0.2) is 29.3 Å². The zero-order chi connectivity index (χ0) is 19.0. The van der Waals surface area contributed by atoms with Crippen molar-refractivity contribution in [3.05, 3.63) is 35.4 Å². The molecule has 1 aromatic rings. The van der Waals surface area contributed by atoms with Gasteiger partial charge < -0.3 is 15.5 Å². The summed E-state index contributed by atoms with van der Waals surface area (Å²) in [7, 11) is 6.30. The second kappa shape index (κ2) is 8.88. The van der Waals surface area contributed by atoms with Gasteiger partial charge in [0.2, 0.25) is 0 Å². The van der Waals surface area contributed by atoms with Gasteiger partial charge in [0.15, 0.2) is 5.96 Å². The van der Waals surface area contributed by atoms with Crippen molar-refractivity contribution in [1.82, 2.24) is 20.4 Å². The Hall–Kier alpha value is -0.860. The quantitative estimate of drug-likeness (QED) is 0.373. The Morgan fingerprint density at radius 2 is 1.86 bits per heavy atom. The lowest BCUT2D eigenvalue weighted by molar-refractivity contribution is 0.164. The second-order valence-electron chi connectivity index (χ2n) is 9.02. The van der Waals surface area contributed by atoms with E-state index >= 15 is 0 Å². The molecular formula is C22H36IN5. The van der Waals surface area contributed by atoms with Crippen molar-refractivity contribution in [2.45, 2.75) is 62.7 Å². The van der Waals surface area contributed by atoms with E-state index < -0.39 is 0 Å². The molecule has 4 rings (SSSR count). The lowest BCUT2D eigenvalue weighted by Gasteiger charge is -2.37. The topological polar surface area (TPSA) is 42.9 Å². The van der Waals surface area contributed by atoms with Crippen LogP contribution in [-0.2, 0) is 12.8 Å². The maximum absolute atomic E-state index is 4.52. The number of hydrogen-bond donors (Lipinski definition) is 2. The SMILES string of the molecule is CN=C(NCC1(N(C)C)Cc2ccccc2C1)NC1CC(C)N(C2CC2)C1.I. The van der Waals surface area contributed by atoms with Crippen molar-refractivity contribution in [2.24, 2.45) is 4.99 Å². The van der Waals surface area contributed by atoms with E-state index in [0.717, 1.165) is 37.9 Å². The minimum Gasteiger partial charge on any atom is -0.355 e. The molecule has 2 N–H and O–H groups in total. The van der Waals surface area contributed by atoms with Gasteiger partial charge in [-0.25, -0.2) is 0 Å². The largest absolute Gasteiger partial charge is 0.355 e. The van der Waals surface area contributed by atoms with Gasteiger partial charge in [0, 0.05) is 43.8 Å². The summed E-state index contributed by atoms with van der Waals surface area (Å²) in [5, 5.41) is 7.34. The average Bonchev–Trinajstić information content (AvgIpc) is 3.31. The monoisotopic (exact) mass is 497 g/mol. The first-order valence-corrected chi connectivity index (χ1v) is 10.5. The molecule has 2 atom stereocenters. The number of nitrogens with one attached hydrogen (secondary N) is 2. The molecule has 0 bridgehead atoms. The number of likely N-dealkylation sites (tertiary alicyclic amines) is 1. The van der Waals surface area contributed by atoms with Gasteiger partial charge in [0.1, 0.15) is 0 Å². The summed E-state index contributed by atoms with van der Waals surface area (Å²) in [4.78, 5) is 9.59. The lowest BCUT2D eigenvalue weighted by Crippen LogP contribution is -2.56. The maximum atomic E-state index is 4.52. The number of fused-ring (bicyclic) bond motifs is 1. The third-order valence-electron chi connectivity index (χ3n) is 6.89. The van der Waals surface area contributed by atoms with Crippen molar-refractivity contribution in [3.8, 4) is 0 Å². The normalized spacial score (nSPS) is 26.8. The third kappa shape index (κ3) is 4.49. The Morgan fingerprint density at radius 3 is 2.39 bits per heavy atom.